The van der Waals surface area contributed by atoms with E-state index in [0.29, 0.717) is 0 Å². The standard InChI is InChI=1S/C11H2F14O4S2/c12-4-2-6(30(26,27)10(21,22)11(23,24)31(25,28)29)5(13)1-3(4)7(14,15)8(16,17)9(18,19)20/h1-2H. The Kier molecular flexibility index (Phi) is 6.20. The molecule has 0 aromatic heterocycles. The molecule has 4 nitrogen and oxygen atoms in total. The van der Waals surface area contributed by atoms with Crippen LogP contribution in [0.5, 0.6) is 0 Å². The highest BCUT2D eigenvalue weighted by Crippen LogP contribution is 2.53. The molecule has 1 aromatic rings. The maximum Gasteiger partial charge on any atom is 0.460 e. The van der Waals surface area contributed by atoms with E-state index < -0.39 is 82.8 Å². The largest absolute Gasteiger partial charge is 0.460 e. The van der Waals surface area contributed by atoms with Crippen molar-refractivity contribution in [3.05, 3.63) is 29.3 Å². The summed E-state index contributed by atoms with van der Waals surface area (Å²) in [5.74, 6) is -20.3. The first kappa shape index (κ1) is 27.2. The molecule has 31 heavy (non-hydrogen) atoms. The Labute approximate surface area is 161 Å². The predicted octanol–water partition coefficient (Wildman–Crippen LogP) is 4.51. The summed E-state index contributed by atoms with van der Waals surface area (Å²) in [7, 11) is -15.3. The summed E-state index contributed by atoms with van der Waals surface area (Å²) in [6.07, 6.45) is -7.10. The molecule has 0 unspecified atom stereocenters. The van der Waals surface area contributed by atoms with E-state index in [0.717, 1.165) is 0 Å². The van der Waals surface area contributed by atoms with E-state index in [1.54, 1.807) is 0 Å². The molecule has 0 atom stereocenters. The van der Waals surface area contributed by atoms with Gasteiger partial charge in [0.25, 0.3) is 9.84 Å². The van der Waals surface area contributed by atoms with Crippen molar-refractivity contribution in [3.63, 3.8) is 0 Å². The second-order valence-corrected chi connectivity index (χ2v) is 8.73. The van der Waals surface area contributed by atoms with E-state index in [-0.39, 0.29) is 0 Å². The van der Waals surface area contributed by atoms with Crippen LogP contribution in [0.4, 0.5) is 61.0 Å². The Bertz CT molecular complexity index is 1090. The van der Waals surface area contributed by atoms with Crippen LogP contribution in [0.2, 0.25) is 0 Å². The van der Waals surface area contributed by atoms with Gasteiger partial charge in [-0.3, -0.25) is 0 Å². The Morgan fingerprint density at radius 3 is 1.42 bits per heavy atom. The second kappa shape index (κ2) is 7.07. The highest BCUT2D eigenvalue weighted by atomic mass is 32.3. The van der Waals surface area contributed by atoms with E-state index in [1.807, 2.05) is 0 Å². The van der Waals surface area contributed by atoms with Crippen LogP contribution in [0.3, 0.4) is 0 Å². The van der Waals surface area contributed by atoms with Gasteiger partial charge < -0.3 is 0 Å². The summed E-state index contributed by atoms with van der Waals surface area (Å²) >= 11 is 0. The quantitative estimate of drug-likeness (QED) is 0.403. The molecule has 0 amide bonds. The van der Waals surface area contributed by atoms with E-state index >= 15 is 0 Å². The van der Waals surface area contributed by atoms with Crippen molar-refractivity contribution in [2.24, 2.45) is 0 Å². The van der Waals surface area contributed by atoms with Crippen molar-refractivity contribution in [3.8, 4) is 0 Å². The van der Waals surface area contributed by atoms with Crippen molar-refractivity contribution < 1.29 is 77.8 Å². The smallest absolute Gasteiger partial charge is 0.217 e. The molecule has 0 fully saturated rings. The molecule has 0 saturated heterocycles. The van der Waals surface area contributed by atoms with E-state index in [2.05, 4.69) is 0 Å². The van der Waals surface area contributed by atoms with Crippen molar-refractivity contribution in [1.29, 1.82) is 0 Å². The number of hydrogen-bond acceptors (Lipinski definition) is 4. The SMILES string of the molecule is O=S(=O)(F)C(F)(F)C(F)(F)S(=O)(=O)c1cc(F)c(C(F)(F)C(F)(F)C(F)(F)F)cc1F. The van der Waals surface area contributed by atoms with Gasteiger partial charge in [-0.25, -0.2) is 17.2 Å². The second-order valence-electron chi connectivity index (χ2n) is 5.38. The molecule has 0 heterocycles. The number of halogens is 14. The third-order valence-corrected chi connectivity index (χ3v) is 6.20. The van der Waals surface area contributed by atoms with E-state index in [4.69, 9.17) is 0 Å². The van der Waals surface area contributed by atoms with Gasteiger partial charge in [0.05, 0.1) is 5.56 Å². The van der Waals surface area contributed by atoms with Gasteiger partial charge in [0.1, 0.15) is 16.5 Å². The van der Waals surface area contributed by atoms with E-state index in [1.165, 1.54) is 0 Å². The minimum absolute atomic E-state index is 1.42. The Balaban J connectivity index is 3.82. The van der Waals surface area contributed by atoms with Crippen molar-refractivity contribution in [2.45, 2.75) is 33.4 Å². The molecule has 0 N–H and O–H groups in total. The summed E-state index contributed by atoms with van der Waals surface area (Å²) in [4.78, 5) is -3.09. The van der Waals surface area contributed by atoms with Crippen LogP contribution in [0.1, 0.15) is 5.56 Å². The van der Waals surface area contributed by atoms with Crippen LogP contribution in [-0.4, -0.2) is 39.4 Å². The van der Waals surface area contributed by atoms with Crippen LogP contribution in [-0.2, 0) is 26.0 Å². The van der Waals surface area contributed by atoms with E-state index in [9.17, 15) is 77.8 Å². The third kappa shape index (κ3) is 3.80. The fourth-order valence-electron chi connectivity index (χ4n) is 1.76. The molecule has 0 aliphatic carbocycles. The molecule has 0 spiro atoms. The molecule has 1 aromatic carbocycles. The minimum Gasteiger partial charge on any atom is -0.217 e. The van der Waals surface area contributed by atoms with Crippen LogP contribution in [0.25, 0.3) is 0 Å². The maximum atomic E-state index is 13.7. The average Bonchev–Trinajstić information content (AvgIpc) is 2.53. The van der Waals surface area contributed by atoms with Crippen LogP contribution in [0.15, 0.2) is 17.0 Å². The Morgan fingerprint density at radius 1 is 0.645 bits per heavy atom. The number of sulfone groups is 1. The normalized spacial score (nSPS) is 15.3. The summed E-state index contributed by atoms with van der Waals surface area (Å²) < 4.78 is 225. The zero-order chi connectivity index (χ0) is 25.2. The maximum absolute atomic E-state index is 13.7. The number of rotatable bonds is 6. The molecule has 0 saturated carbocycles. The van der Waals surface area contributed by atoms with Gasteiger partial charge in [0.2, 0.25) is 0 Å². The highest BCUT2D eigenvalue weighted by molar-refractivity contribution is 7.94. The molecule has 180 valence electrons. The van der Waals surface area contributed by atoms with Crippen LogP contribution >= 0.6 is 0 Å². The highest BCUT2D eigenvalue weighted by Gasteiger charge is 2.76. The van der Waals surface area contributed by atoms with Gasteiger partial charge in [-0.05, 0) is 12.1 Å². The molecule has 0 bridgehead atoms. The lowest BCUT2D eigenvalue weighted by Gasteiger charge is -2.29. The van der Waals surface area contributed by atoms with Crippen molar-refractivity contribution in [2.75, 3.05) is 0 Å². The topological polar surface area (TPSA) is 68.3 Å². The van der Waals surface area contributed by atoms with Gasteiger partial charge in [0, 0.05) is 0 Å². The minimum atomic E-state index is -7.76. The molecule has 1 rings (SSSR count). The number of benzene rings is 1. The molecular formula is C11H2F14O4S2. The number of alkyl halides is 11. The summed E-state index contributed by atoms with van der Waals surface area (Å²) in [6.45, 7) is 0. The fourth-order valence-corrected chi connectivity index (χ4v) is 3.83. The zero-order valence-electron chi connectivity index (χ0n) is 13.4. The monoisotopic (exact) mass is 528 g/mol. The lowest BCUT2D eigenvalue weighted by atomic mass is 10.0. The zero-order valence-corrected chi connectivity index (χ0v) is 15.0. The molecule has 0 aliphatic heterocycles. The molecular weight excluding hydrogens is 526 g/mol. The Hall–Kier alpha value is -1.86. The Morgan fingerprint density at radius 2 is 1.06 bits per heavy atom. The van der Waals surface area contributed by atoms with Crippen LogP contribution in [0, 0.1) is 11.6 Å². The van der Waals surface area contributed by atoms with Gasteiger partial charge in [-0.1, -0.05) is 3.89 Å². The summed E-state index contributed by atoms with van der Waals surface area (Å²) in [6, 6.07) is -2.88. The van der Waals surface area contributed by atoms with Crippen molar-refractivity contribution >= 4 is 20.1 Å². The van der Waals surface area contributed by atoms with Crippen molar-refractivity contribution in [1.82, 2.24) is 0 Å². The van der Waals surface area contributed by atoms with Gasteiger partial charge >= 0.3 is 38.8 Å². The fraction of sp³-hybridized carbons (Fsp3) is 0.455. The average molecular weight is 528 g/mol. The first-order chi connectivity index (χ1) is 13.3. The lowest BCUT2D eigenvalue weighted by Crippen LogP contribution is -2.51. The summed E-state index contributed by atoms with van der Waals surface area (Å²) in [5, 5.41) is -14.3. The van der Waals surface area contributed by atoms with Gasteiger partial charge in [0.15, 0.2) is 0 Å². The van der Waals surface area contributed by atoms with Crippen LogP contribution < -0.4 is 0 Å². The predicted molar refractivity (Wildman–Crippen MR) is 68.4 cm³/mol. The van der Waals surface area contributed by atoms with Gasteiger partial charge in [-0.2, -0.15) is 56.7 Å². The molecule has 0 radical (unpaired) electrons. The molecule has 0 aliphatic rings. The lowest BCUT2D eigenvalue weighted by molar-refractivity contribution is -0.360. The molecule has 20 heteroatoms. The van der Waals surface area contributed by atoms with Gasteiger partial charge in [-0.15, -0.1) is 0 Å². The summed E-state index contributed by atoms with van der Waals surface area (Å²) in [5.41, 5.74) is -3.24. The number of hydrogen-bond donors (Lipinski definition) is 0. The first-order valence-electron chi connectivity index (χ1n) is 6.54. The third-order valence-electron chi connectivity index (χ3n) is 3.38. The first-order valence-corrected chi connectivity index (χ1v) is 9.41.